The van der Waals surface area contributed by atoms with Crippen molar-refractivity contribution >= 4 is 23.7 Å². The number of Topliss-reactive ketones (excluding diaryl/α,β-unsaturated/α-hetero) is 1. The highest BCUT2D eigenvalue weighted by Gasteiger charge is 2.56. The molecule has 27 heavy (non-hydrogen) atoms. The Hall–Kier alpha value is -2.90. The summed E-state index contributed by atoms with van der Waals surface area (Å²) < 4.78 is 10.2. The molecule has 3 amide bonds. The molecule has 1 atom stereocenters. The summed E-state index contributed by atoms with van der Waals surface area (Å²) in [6.07, 6.45) is 1.74. The summed E-state index contributed by atoms with van der Waals surface area (Å²) in [6.45, 7) is 3.08. The van der Waals surface area contributed by atoms with Crippen molar-refractivity contribution in [2.24, 2.45) is 5.92 Å². The zero-order chi connectivity index (χ0) is 19.6. The van der Waals surface area contributed by atoms with Gasteiger partial charge in [0.2, 0.25) is 0 Å². The van der Waals surface area contributed by atoms with E-state index >= 15 is 0 Å². The smallest absolute Gasteiger partial charge is 0.326 e. The third-order valence-electron chi connectivity index (χ3n) is 4.83. The van der Waals surface area contributed by atoms with Crippen molar-refractivity contribution in [3.63, 3.8) is 0 Å². The summed E-state index contributed by atoms with van der Waals surface area (Å²) >= 11 is 0. The normalized spacial score (nSPS) is 21.8. The van der Waals surface area contributed by atoms with Crippen molar-refractivity contribution < 1.29 is 28.7 Å². The van der Waals surface area contributed by atoms with Crippen LogP contribution in [-0.2, 0) is 14.3 Å². The maximum Gasteiger partial charge on any atom is 0.326 e. The largest absolute Gasteiger partial charge is 0.494 e. The number of hydrogen-bond donors (Lipinski definition) is 1. The maximum atomic E-state index is 12.5. The van der Waals surface area contributed by atoms with E-state index in [0.717, 1.165) is 17.7 Å². The fourth-order valence-corrected chi connectivity index (χ4v) is 3.10. The van der Waals surface area contributed by atoms with Gasteiger partial charge in [0.1, 0.15) is 17.8 Å². The van der Waals surface area contributed by atoms with E-state index in [2.05, 4.69) is 5.32 Å². The van der Waals surface area contributed by atoms with Crippen LogP contribution in [0.4, 0.5) is 4.79 Å². The number of urea groups is 1. The first-order chi connectivity index (χ1) is 12.8. The second-order valence-electron chi connectivity index (χ2n) is 6.84. The zero-order valence-corrected chi connectivity index (χ0v) is 15.3. The lowest BCUT2D eigenvalue weighted by Gasteiger charge is -2.20. The summed E-state index contributed by atoms with van der Waals surface area (Å²) in [6, 6.07) is 5.87. The van der Waals surface area contributed by atoms with Crippen molar-refractivity contribution in [3.8, 4) is 5.75 Å². The maximum absolute atomic E-state index is 12.5. The topological polar surface area (TPSA) is 102 Å². The first-order valence-corrected chi connectivity index (χ1v) is 8.91. The molecule has 0 radical (unpaired) electrons. The first kappa shape index (κ1) is 18.9. The molecule has 0 aromatic heterocycles. The van der Waals surface area contributed by atoms with Crippen LogP contribution in [0.1, 0.15) is 37.0 Å². The van der Waals surface area contributed by atoms with E-state index in [1.807, 2.05) is 6.92 Å². The quantitative estimate of drug-likeness (QED) is 0.421. The summed E-state index contributed by atoms with van der Waals surface area (Å²) in [5.74, 6) is -0.867. The highest BCUT2D eigenvalue weighted by Crippen LogP contribution is 2.42. The molecule has 8 heteroatoms. The van der Waals surface area contributed by atoms with Crippen molar-refractivity contribution in [1.82, 2.24) is 10.2 Å². The number of carbonyl (C=O) groups excluding carboxylic acids is 4. The third-order valence-corrected chi connectivity index (χ3v) is 4.83. The molecule has 1 aromatic carbocycles. The minimum absolute atomic E-state index is 0.108. The Morgan fingerprint density at radius 1 is 1.22 bits per heavy atom. The molecule has 3 rings (SSSR count). The molecule has 0 spiro atoms. The Bertz CT molecular complexity index is 771. The molecule has 1 saturated heterocycles. The predicted octanol–water partition coefficient (Wildman–Crippen LogP) is 1.53. The number of nitrogens with zero attached hydrogens (tertiary/aromatic N) is 1. The summed E-state index contributed by atoms with van der Waals surface area (Å²) in [4.78, 5) is 49.4. The lowest BCUT2D eigenvalue weighted by Crippen LogP contribution is -2.46. The van der Waals surface area contributed by atoms with Crippen LogP contribution in [0.15, 0.2) is 24.3 Å². The van der Waals surface area contributed by atoms with Gasteiger partial charge in [0.15, 0.2) is 12.4 Å². The van der Waals surface area contributed by atoms with Crippen LogP contribution in [0.2, 0.25) is 0 Å². The first-order valence-electron chi connectivity index (χ1n) is 8.91. The van der Waals surface area contributed by atoms with Gasteiger partial charge in [0.25, 0.3) is 5.91 Å². The van der Waals surface area contributed by atoms with E-state index in [1.165, 1.54) is 0 Å². The van der Waals surface area contributed by atoms with Crippen molar-refractivity contribution in [2.45, 2.75) is 32.2 Å². The predicted molar refractivity (Wildman–Crippen MR) is 94.3 cm³/mol. The van der Waals surface area contributed by atoms with Gasteiger partial charge in [-0.3, -0.25) is 19.3 Å². The van der Waals surface area contributed by atoms with Gasteiger partial charge in [-0.15, -0.1) is 0 Å². The minimum Gasteiger partial charge on any atom is -0.494 e. The molecule has 8 nitrogen and oxygen atoms in total. The molecule has 1 aliphatic heterocycles. The number of hydrogen-bond acceptors (Lipinski definition) is 6. The Morgan fingerprint density at radius 3 is 2.48 bits per heavy atom. The number of carbonyl (C=O) groups is 4. The number of benzene rings is 1. The monoisotopic (exact) mass is 374 g/mol. The molecule has 144 valence electrons. The van der Waals surface area contributed by atoms with E-state index in [1.54, 1.807) is 31.2 Å². The van der Waals surface area contributed by atoms with Crippen molar-refractivity contribution in [3.05, 3.63) is 29.8 Å². The molecular weight excluding hydrogens is 352 g/mol. The Labute approximate surface area is 156 Å². The van der Waals surface area contributed by atoms with E-state index in [-0.39, 0.29) is 11.7 Å². The molecule has 2 aliphatic rings. The molecule has 1 saturated carbocycles. The fourth-order valence-electron chi connectivity index (χ4n) is 3.10. The van der Waals surface area contributed by atoms with Gasteiger partial charge in [-0.1, -0.05) is 0 Å². The van der Waals surface area contributed by atoms with Gasteiger partial charge < -0.3 is 14.8 Å². The molecular formula is C19H22N2O6. The summed E-state index contributed by atoms with van der Waals surface area (Å²) in [7, 11) is 0. The average molecular weight is 374 g/mol. The SMILES string of the molecule is CCOc1ccc(C(=O)COC(=O)CN2C(=O)N[C@@](C)(C3CC3)C2=O)cc1. The second-order valence-corrected chi connectivity index (χ2v) is 6.84. The van der Waals surface area contributed by atoms with Gasteiger partial charge in [0, 0.05) is 5.56 Å². The molecule has 1 heterocycles. The second kappa shape index (κ2) is 7.38. The van der Waals surface area contributed by atoms with Gasteiger partial charge in [-0.25, -0.2) is 4.79 Å². The van der Waals surface area contributed by atoms with Crippen LogP contribution in [0, 0.1) is 5.92 Å². The number of rotatable bonds is 8. The van der Waals surface area contributed by atoms with Crippen LogP contribution >= 0.6 is 0 Å². The number of ether oxygens (including phenoxy) is 2. The lowest BCUT2D eigenvalue weighted by molar-refractivity contribution is -0.146. The molecule has 0 bridgehead atoms. The van der Waals surface area contributed by atoms with Crippen LogP contribution < -0.4 is 10.1 Å². The van der Waals surface area contributed by atoms with E-state index < -0.39 is 36.6 Å². The molecule has 2 fully saturated rings. The van der Waals surface area contributed by atoms with Crippen molar-refractivity contribution in [2.75, 3.05) is 19.8 Å². The van der Waals surface area contributed by atoms with Crippen molar-refractivity contribution in [1.29, 1.82) is 0 Å². The highest BCUT2D eigenvalue weighted by atomic mass is 16.5. The number of imide groups is 1. The zero-order valence-electron chi connectivity index (χ0n) is 15.3. The average Bonchev–Trinajstić information content (AvgIpc) is 3.47. The molecule has 1 aromatic rings. The molecule has 0 unspecified atom stereocenters. The van der Waals surface area contributed by atoms with Crippen LogP contribution in [0.5, 0.6) is 5.75 Å². The summed E-state index contributed by atoms with van der Waals surface area (Å²) in [5.41, 5.74) is -0.572. The lowest BCUT2D eigenvalue weighted by atomic mass is 9.96. The van der Waals surface area contributed by atoms with Crippen LogP contribution in [0.25, 0.3) is 0 Å². The third kappa shape index (κ3) is 3.94. The van der Waals surface area contributed by atoms with Gasteiger partial charge >= 0.3 is 12.0 Å². The molecule has 1 aliphatic carbocycles. The summed E-state index contributed by atoms with van der Waals surface area (Å²) in [5, 5.41) is 2.65. The van der Waals surface area contributed by atoms with Crippen LogP contribution in [0.3, 0.4) is 0 Å². The van der Waals surface area contributed by atoms with E-state index in [4.69, 9.17) is 9.47 Å². The number of ketones is 1. The molecule has 1 N–H and O–H groups in total. The van der Waals surface area contributed by atoms with E-state index in [9.17, 15) is 19.2 Å². The Kier molecular flexibility index (Phi) is 5.16. The van der Waals surface area contributed by atoms with Crippen LogP contribution in [-0.4, -0.2) is 53.9 Å². The number of amides is 3. The fraction of sp³-hybridized carbons (Fsp3) is 0.474. The van der Waals surface area contributed by atoms with E-state index in [0.29, 0.717) is 17.9 Å². The van der Waals surface area contributed by atoms with Gasteiger partial charge in [0.05, 0.1) is 6.61 Å². The van der Waals surface area contributed by atoms with Gasteiger partial charge in [-0.2, -0.15) is 0 Å². The van der Waals surface area contributed by atoms with Gasteiger partial charge in [-0.05, 0) is 56.9 Å². The Balaban J connectivity index is 1.51. The highest BCUT2D eigenvalue weighted by molar-refractivity contribution is 6.09. The Morgan fingerprint density at radius 2 is 1.89 bits per heavy atom. The standard InChI is InChI=1S/C19H22N2O6/c1-3-26-14-8-4-12(5-9-14)15(22)11-27-16(23)10-21-17(24)19(2,13-6-7-13)20-18(21)25/h4-5,8-9,13H,3,6-7,10-11H2,1-2H3,(H,20,25)/t19-/m0/s1. The minimum atomic E-state index is -0.949. The number of nitrogens with one attached hydrogen (secondary N) is 1. The number of esters is 1.